The molecular formula is C7H14N2O3. The number of carbonyl (C=O) groups excluding carboxylic acids is 2. The van der Waals surface area contributed by atoms with Gasteiger partial charge in [0.1, 0.15) is 0 Å². The molecule has 5 heteroatoms. The van der Waals surface area contributed by atoms with E-state index >= 15 is 0 Å². The highest BCUT2D eigenvalue weighted by Gasteiger charge is 2.11. The average molecular weight is 174 g/mol. The zero-order valence-electron chi connectivity index (χ0n) is 7.08. The Kier molecular flexibility index (Phi) is 5.03. The highest BCUT2D eigenvalue weighted by Crippen LogP contribution is 2.04. The van der Waals surface area contributed by atoms with Gasteiger partial charge < -0.3 is 16.2 Å². The number of ether oxygens (including phenoxy) is 1. The summed E-state index contributed by atoms with van der Waals surface area (Å²) in [7, 11) is 1.47. The van der Waals surface area contributed by atoms with E-state index in [2.05, 4.69) is 0 Å². The van der Waals surface area contributed by atoms with Crippen LogP contribution in [0.5, 0.6) is 0 Å². The van der Waals surface area contributed by atoms with Gasteiger partial charge in [-0.1, -0.05) is 0 Å². The van der Waals surface area contributed by atoms with E-state index in [1.165, 1.54) is 7.11 Å². The lowest BCUT2D eigenvalue weighted by atomic mass is 10.1. The number of carbonyl (C=O) groups is 2. The molecule has 0 bridgehead atoms. The van der Waals surface area contributed by atoms with E-state index < -0.39 is 11.8 Å². The molecule has 70 valence electrons. The van der Waals surface area contributed by atoms with E-state index in [1.807, 2.05) is 0 Å². The SMILES string of the molecule is CO[C@@H](CCC(N)=O)CC(N)=O. The van der Waals surface area contributed by atoms with Gasteiger partial charge in [0.05, 0.1) is 12.5 Å². The van der Waals surface area contributed by atoms with Gasteiger partial charge >= 0.3 is 0 Å². The number of rotatable bonds is 6. The molecule has 5 nitrogen and oxygen atoms in total. The molecular weight excluding hydrogens is 160 g/mol. The predicted octanol–water partition coefficient (Wildman–Crippen LogP) is -0.858. The Morgan fingerprint density at radius 3 is 2.25 bits per heavy atom. The summed E-state index contributed by atoms with van der Waals surface area (Å²) in [6, 6.07) is 0. The van der Waals surface area contributed by atoms with Gasteiger partial charge in [-0.05, 0) is 6.42 Å². The fraction of sp³-hybridized carbons (Fsp3) is 0.714. The molecule has 0 aliphatic rings. The maximum absolute atomic E-state index is 10.4. The van der Waals surface area contributed by atoms with Crippen LogP contribution in [-0.4, -0.2) is 25.0 Å². The van der Waals surface area contributed by atoms with Crippen LogP contribution in [0.1, 0.15) is 19.3 Å². The van der Waals surface area contributed by atoms with E-state index in [1.54, 1.807) is 0 Å². The van der Waals surface area contributed by atoms with Crippen molar-refractivity contribution in [3.05, 3.63) is 0 Å². The molecule has 0 rings (SSSR count). The second kappa shape index (κ2) is 5.54. The Labute approximate surface area is 71.0 Å². The first-order valence-electron chi connectivity index (χ1n) is 3.65. The maximum Gasteiger partial charge on any atom is 0.220 e. The Hall–Kier alpha value is -1.10. The fourth-order valence-electron chi connectivity index (χ4n) is 0.831. The van der Waals surface area contributed by atoms with Crippen LogP contribution < -0.4 is 11.5 Å². The number of methoxy groups -OCH3 is 1. The van der Waals surface area contributed by atoms with E-state index in [0.29, 0.717) is 6.42 Å². The lowest BCUT2D eigenvalue weighted by molar-refractivity contribution is -0.122. The monoisotopic (exact) mass is 174 g/mol. The van der Waals surface area contributed by atoms with Gasteiger partial charge in [0.15, 0.2) is 0 Å². The summed E-state index contributed by atoms with van der Waals surface area (Å²) in [6.45, 7) is 0. The molecule has 0 unspecified atom stereocenters. The molecule has 0 radical (unpaired) electrons. The van der Waals surface area contributed by atoms with E-state index in [-0.39, 0.29) is 18.9 Å². The zero-order chi connectivity index (χ0) is 9.56. The third-order valence-corrected chi connectivity index (χ3v) is 1.47. The molecule has 0 saturated carbocycles. The van der Waals surface area contributed by atoms with Crippen LogP contribution in [0.15, 0.2) is 0 Å². The van der Waals surface area contributed by atoms with Crippen molar-refractivity contribution in [1.82, 2.24) is 0 Å². The molecule has 0 spiro atoms. The summed E-state index contributed by atoms with van der Waals surface area (Å²) < 4.78 is 4.90. The van der Waals surface area contributed by atoms with Crippen molar-refractivity contribution in [2.75, 3.05) is 7.11 Å². The molecule has 0 fully saturated rings. The summed E-state index contributed by atoms with van der Waals surface area (Å²) in [5.41, 5.74) is 9.86. The highest BCUT2D eigenvalue weighted by molar-refractivity contribution is 5.75. The van der Waals surface area contributed by atoms with Crippen LogP contribution in [-0.2, 0) is 14.3 Å². The second-order valence-corrected chi connectivity index (χ2v) is 2.53. The zero-order valence-corrected chi connectivity index (χ0v) is 7.08. The third kappa shape index (κ3) is 5.67. The molecule has 4 N–H and O–H groups in total. The van der Waals surface area contributed by atoms with E-state index in [0.717, 1.165) is 0 Å². The van der Waals surface area contributed by atoms with Crippen molar-refractivity contribution < 1.29 is 14.3 Å². The quantitative estimate of drug-likeness (QED) is 0.548. The molecule has 0 aromatic heterocycles. The molecule has 12 heavy (non-hydrogen) atoms. The Morgan fingerprint density at radius 1 is 1.33 bits per heavy atom. The topological polar surface area (TPSA) is 95.4 Å². The van der Waals surface area contributed by atoms with E-state index in [9.17, 15) is 9.59 Å². The van der Waals surface area contributed by atoms with Crippen molar-refractivity contribution in [1.29, 1.82) is 0 Å². The molecule has 2 amide bonds. The maximum atomic E-state index is 10.4. The van der Waals surface area contributed by atoms with Gasteiger partial charge in [-0.2, -0.15) is 0 Å². The van der Waals surface area contributed by atoms with Gasteiger partial charge in [-0.3, -0.25) is 9.59 Å². The largest absolute Gasteiger partial charge is 0.381 e. The Morgan fingerprint density at radius 2 is 1.92 bits per heavy atom. The van der Waals surface area contributed by atoms with Crippen molar-refractivity contribution in [2.24, 2.45) is 11.5 Å². The van der Waals surface area contributed by atoms with Gasteiger partial charge in [0, 0.05) is 13.5 Å². The van der Waals surface area contributed by atoms with Gasteiger partial charge in [0.2, 0.25) is 11.8 Å². The van der Waals surface area contributed by atoms with Gasteiger partial charge in [-0.25, -0.2) is 0 Å². The van der Waals surface area contributed by atoms with Crippen LogP contribution in [0.3, 0.4) is 0 Å². The average Bonchev–Trinajstić information content (AvgIpc) is 1.97. The van der Waals surface area contributed by atoms with Crippen LogP contribution in [0.2, 0.25) is 0 Å². The normalized spacial score (nSPS) is 12.4. The molecule has 0 aromatic rings. The van der Waals surface area contributed by atoms with Crippen molar-refractivity contribution in [2.45, 2.75) is 25.4 Å². The summed E-state index contributed by atoms with van der Waals surface area (Å²) >= 11 is 0. The molecule has 0 heterocycles. The Bertz CT molecular complexity index is 170. The number of hydrogen-bond donors (Lipinski definition) is 2. The first-order chi connectivity index (χ1) is 5.56. The lowest BCUT2D eigenvalue weighted by Crippen LogP contribution is -2.23. The molecule has 0 aliphatic heterocycles. The minimum Gasteiger partial charge on any atom is -0.381 e. The number of nitrogens with two attached hydrogens (primary N) is 2. The van der Waals surface area contributed by atoms with E-state index in [4.69, 9.17) is 16.2 Å². The highest BCUT2D eigenvalue weighted by atomic mass is 16.5. The van der Waals surface area contributed by atoms with Crippen LogP contribution in [0.25, 0.3) is 0 Å². The van der Waals surface area contributed by atoms with Crippen LogP contribution >= 0.6 is 0 Å². The minimum atomic E-state index is -0.439. The smallest absolute Gasteiger partial charge is 0.220 e. The summed E-state index contributed by atoms with van der Waals surface area (Å²) in [4.78, 5) is 20.8. The standard InChI is InChI=1S/C7H14N2O3/c1-12-5(4-7(9)11)2-3-6(8)10/h5H,2-4H2,1H3,(H2,8,10)(H2,9,11)/t5-/m0/s1. The van der Waals surface area contributed by atoms with Gasteiger partial charge in [0.25, 0.3) is 0 Å². The van der Waals surface area contributed by atoms with Crippen molar-refractivity contribution in [3.8, 4) is 0 Å². The van der Waals surface area contributed by atoms with Crippen LogP contribution in [0, 0.1) is 0 Å². The van der Waals surface area contributed by atoms with Crippen molar-refractivity contribution >= 4 is 11.8 Å². The number of amides is 2. The first-order valence-corrected chi connectivity index (χ1v) is 3.65. The summed E-state index contributed by atoms with van der Waals surface area (Å²) in [5, 5.41) is 0. The predicted molar refractivity (Wildman–Crippen MR) is 43.0 cm³/mol. The molecule has 0 aliphatic carbocycles. The lowest BCUT2D eigenvalue weighted by Gasteiger charge is -2.11. The molecule has 1 atom stereocenters. The van der Waals surface area contributed by atoms with Gasteiger partial charge in [-0.15, -0.1) is 0 Å². The number of hydrogen-bond acceptors (Lipinski definition) is 3. The summed E-state index contributed by atoms with van der Waals surface area (Å²) in [5.74, 6) is -0.840. The van der Waals surface area contributed by atoms with Crippen LogP contribution in [0.4, 0.5) is 0 Å². The minimum absolute atomic E-state index is 0.129. The number of primary amides is 2. The van der Waals surface area contributed by atoms with Crippen molar-refractivity contribution in [3.63, 3.8) is 0 Å². The summed E-state index contributed by atoms with van der Waals surface area (Å²) in [6.07, 6.45) is 0.486. The molecule has 0 saturated heterocycles. The second-order valence-electron chi connectivity index (χ2n) is 2.53. The Balaban J connectivity index is 3.67. The third-order valence-electron chi connectivity index (χ3n) is 1.47. The fourth-order valence-corrected chi connectivity index (χ4v) is 0.831. The first kappa shape index (κ1) is 10.9. The molecule has 0 aromatic carbocycles.